The number of aryl methyl sites for hydroxylation is 1. The zero-order valence-corrected chi connectivity index (χ0v) is 26.3. The van der Waals surface area contributed by atoms with E-state index in [1.807, 2.05) is 0 Å². The van der Waals surface area contributed by atoms with Crippen LogP contribution in [0.2, 0.25) is 0 Å². The van der Waals surface area contributed by atoms with Gasteiger partial charge in [-0.1, -0.05) is 0 Å². The number of nitrogens with zero attached hydrogens (tertiary/aromatic N) is 7. The maximum absolute atomic E-state index is 13.5. The molecule has 6 N–H and O–H groups in total. The molecular weight excluding hydrogens is 672 g/mol. The highest BCUT2D eigenvalue weighted by molar-refractivity contribution is 7.47. The predicted octanol–water partition coefficient (Wildman–Crippen LogP) is -0.571. The van der Waals surface area contributed by atoms with Crippen molar-refractivity contribution in [3.8, 4) is 0 Å². The largest absolute Gasteiger partial charge is 0.472 e. The molecule has 47 heavy (non-hydrogen) atoms. The van der Waals surface area contributed by atoms with Gasteiger partial charge in [-0.3, -0.25) is 32.0 Å². The summed E-state index contributed by atoms with van der Waals surface area (Å²) in [5, 5.41) is 11.2. The van der Waals surface area contributed by atoms with Gasteiger partial charge in [0.2, 0.25) is 0 Å². The van der Waals surface area contributed by atoms with Gasteiger partial charge in [0.15, 0.2) is 35.1 Å². The van der Waals surface area contributed by atoms with Crippen LogP contribution in [-0.4, -0.2) is 110 Å². The maximum atomic E-state index is 13.5. The SMILES string of the molecule is CCOC1[C@H]2COP(=O)(O)O[C@@H]3C(O)[C@H](n4cnc5c(N)ncnc54)O[C@@H]3COP(=O)(O)O[C@@H]1[C@H](n1cnc3c(=O)[nH]c(C)nc31)O2. The summed E-state index contributed by atoms with van der Waals surface area (Å²) in [5.41, 5.74) is 5.70. The van der Waals surface area contributed by atoms with E-state index in [2.05, 4.69) is 29.9 Å². The molecule has 2 bridgehead atoms. The Morgan fingerprint density at radius 1 is 0.957 bits per heavy atom. The second-order valence-corrected chi connectivity index (χ2v) is 13.6. The van der Waals surface area contributed by atoms with Crippen molar-refractivity contribution in [2.75, 3.05) is 25.6 Å². The number of hydrogen-bond donors (Lipinski definition) is 5. The van der Waals surface area contributed by atoms with E-state index in [9.17, 15) is 28.8 Å². The number of ether oxygens (including phenoxy) is 3. The normalized spacial score (nSPS) is 36.6. The van der Waals surface area contributed by atoms with Crippen LogP contribution in [0.1, 0.15) is 25.2 Å². The van der Waals surface area contributed by atoms with Crippen LogP contribution >= 0.6 is 15.6 Å². The van der Waals surface area contributed by atoms with Crippen LogP contribution in [-0.2, 0) is 41.4 Å². The van der Waals surface area contributed by atoms with Crippen LogP contribution in [0.4, 0.5) is 5.82 Å². The lowest BCUT2D eigenvalue weighted by Gasteiger charge is -2.26. The zero-order chi connectivity index (χ0) is 33.2. The molecule has 0 amide bonds. The number of phosphoric acid groups is 2. The van der Waals surface area contributed by atoms with Gasteiger partial charge in [0.1, 0.15) is 54.3 Å². The average molecular weight is 701 g/mol. The Morgan fingerprint density at radius 2 is 1.60 bits per heavy atom. The molecule has 7 rings (SSSR count). The molecule has 4 aromatic rings. The molecule has 4 aromatic heterocycles. The van der Waals surface area contributed by atoms with Gasteiger partial charge in [0.25, 0.3) is 5.56 Å². The minimum Gasteiger partial charge on any atom is -0.386 e. The van der Waals surface area contributed by atoms with Gasteiger partial charge >= 0.3 is 15.6 Å². The number of nitrogens with one attached hydrogen (secondary N) is 1. The van der Waals surface area contributed by atoms with Crippen molar-refractivity contribution in [1.29, 1.82) is 0 Å². The fourth-order valence-electron chi connectivity index (χ4n) is 5.77. The summed E-state index contributed by atoms with van der Waals surface area (Å²) >= 11 is 0. The first kappa shape index (κ1) is 32.3. The summed E-state index contributed by atoms with van der Waals surface area (Å²) in [4.78, 5) is 57.2. The van der Waals surface area contributed by atoms with Gasteiger partial charge in [-0.25, -0.2) is 34.0 Å². The number of nitrogens with two attached hydrogens (primary N) is 1. The number of aliphatic hydroxyl groups is 1. The lowest BCUT2D eigenvalue weighted by molar-refractivity contribution is -0.0677. The van der Waals surface area contributed by atoms with Gasteiger partial charge in [0.05, 0.1) is 25.9 Å². The van der Waals surface area contributed by atoms with Crippen LogP contribution in [0.25, 0.3) is 22.3 Å². The molecule has 0 spiro atoms. The van der Waals surface area contributed by atoms with Gasteiger partial charge < -0.3 is 39.8 Å². The fourth-order valence-corrected chi connectivity index (χ4v) is 7.66. The second-order valence-electron chi connectivity index (χ2n) is 10.8. The Labute approximate surface area is 263 Å². The molecule has 0 aromatic carbocycles. The summed E-state index contributed by atoms with van der Waals surface area (Å²) in [6.45, 7) is 1.83. The van der Waals surface area contributed by atoms with Crippen molar-refractivity contribution in [3.63, 3.8) is 0 Å². The highest BCUT2D eigenvalue weighted by Gasteiger charge is 2.54. The van der Waals surface area contributed by atoms with Crippen molar-refractivity contribution in [2.24, 2.45) is 0 Å². The smallest absolute Gasteiger partial charge is 0.386 e. The van der Waals surface area contributed by atoms with Crippen molar-refractivity contribution in [3.05, 3.63) is 35.2 Å². The molecule has 7 heterocycles. The van der Waals surface area contributed by atoms with E-state index >= 15 is 0 Å². The quantitative estimate of drug-likeness (QED) is 0.166. The Hall–Kier alpha value is -3.24. The second kappa shape index (κ2) is 12.0. The summed E-state index contributed by atoms with van der Waals surface area (Å²) in [5.74, 6) is 0.306. The van der Waals surface area contributed by atoms with Gasteiger partial charge in [-0.2, -0.15) is 0 Å². The Morgan fingerprint density at radius 3 is 2.32 bits per heavy atom. The molecule has 10 atom stereocenters. The predicted molar refractivity (Wildman–Crippen MR) is 153 cm³/mol. The number of nitrogen functional groups attached to an aromatic ring is 1. The Kier molecular flexibility index (Phi) is 8.26. The molecule has 4 unspecified atom stereocenters. The van der Waals surface area contributed by atoms with E-state index in [4.69, 9.17) is 38.0 Å². The maximum Gasteiger partial charge on any atom is 0.472 e. The van der Waals surface area contributed by atoms with Crippen LogP contribution in [0.3, 0.4) is 0 Å². The van der Waals surface area contributed by atoms with Gasteiger partial charge in [-0.15, -0.1) is 0 Å². The number of aliphatic hydroxyl groups excluding tert-OH is 1. The summed E-state index contributed by atoms with van der Waals surface area (Å²) in [6.07, 6.45) is -7.54. The van der Waals surface area contributed by atoms with E-state index in [0.717, 1.165) is 0 Å². The number of imidazole rings is 2. The number of fused-ring (bicyclic) bond motifs is 5. The monoisotopic (exact) mass is 701 g/mol. The summed E-state index contributed by atoms with van der Waals surface area (Å²) in [7, 11) is -10.0. The van der Waals surface area contributed by atoms with Crippen LogP contribution in [0.15, 0.2) is 23.8 Å². The average Bonchev–Trinajstić information content (AvgIpc) is 3.76. The third-order valence-electron chi connectivity index (χ3n) is 7.75. The topological polar surface area (TPSA) is 293 Å². The first-order valence-electron chi connectivity index (χ1n) is 14.1. The first-order chi connectivity index (χ1) is 22.4. The van der Waals surface area contributed by atoms with E-state index in [1.165, 1.54) is 28.1 Å². The van der Waals surface area contributed by atoms with E-state index in [1.54, 1.807) is 13.8 Å². The van der Waals surface area contributed by atoms with Crippen molar-refractivity contribution < 1.29 is 56.3 Å². The number of anilines is 1. The molecule has 3 aliphatic rings. The number of hydrogen-bond acceptors (Lipinski definition) is 17. The van der Waals surface area contributed by atoms with Crippen molar-refractivity contribution in [2.45, 2.75) is 62.9 Å². The number of phosphoric ester groups is 2. The number of rotatable bonds is 4. The number of aromatic nitrogens is 8. The molecule has 3 saturated heterocycles. The molecule has 0 saturated carbocycles. The first-order valence-corrected chi connectivity index (χ1v) is 17.1. The molecule has 3 fully saturated rings. The molecular formula is C23H29N9O13P2. The minimum absolute atomic E-state index is 0.0472. The highest BCUT2D eigenvalue weighted by Crippen LogP contribution is 2.54. The lowest BCUT2D eigenvalue weighted by atomic mass is 10.1. The molecule has 0 radical (unpaired) electrons. The van der Waals surface area contributed by atoms with E-state index in [-0.39, 0.29) is 40.6 Å². The van der Waals surface area contributed by atoms with Gasteiger partial charge in [0, 0.05) is 6.61 Å². The molecule has 254 valence electrons. The van der Waals surface area contributed by atoms with E-state index in [0.29, 0.717) is 0 Å². The van der Waals surface area contributed by atoms with Crippen molar-refractivity contribution in [1.82, 2.24) is 39.0 Å². The molecule has 22 nitrogen and oxygen atoms in total. The summed E-state index contributed by atoms with van der Waals surface area (Å²) < 4.78 is 68.7. The molecule has 24 heteroatoms. The number of aromatic amines is 1. The Balaban J connectivity index is 1.23. The number of H-pyrrole nitrogens is 1. The fraction of sp³-hybridized carbons (Fsp3) is 0.565. The minimum atomic E-state index is -5.03. The lowest BCUT2D eigenvalue weighted by Crippen LogP contribution is -2.38. The third kappa shape index (κ3) is 5.90. The standard InChI is InChI=1S/C23H29N9O13P2/c1-3-39-16-11-5-41-46(35,36)44-15-10(42-22(14(15)33)31-7-27-12-18(24)25-6-26-19(12)31)4-40-47(37,38)45-17(16)23(43-11)32-8-28-13-20(32)29-9(2)30-21(13)34/h6-8,10-11,14-17,22-23,33H,3-5H2,1-2H3,(H,35,36)(H,37,38)(H2,24,25,26)(H,29,30,34)/t10-,11-,14?,15+,16?,17+,22-,23-/m1/s1. The van der Waals surface area contributed by atoms with Gasteiger partial charge in [-0.05, 0) is 13.8 Å². The third-order valence-corrected chi connectivity index (χ3v) is 9.72. The summed E-state index contributed by atoms with van der Waals surface area (Å²) in [6, 6.07) is 0. The molecule has 3 aliphatic heterocycles. The molecule has 0 aliphatic carbocycles. The highest BCUT2D eigenvalue weighted by atomic mass is 31.2. The van der Waals surface area contributed by atoms with Crippen LogP contribution < -0.4 is 11.3 Å². The zero-order valence-electron chi connectivity index (χ0n) is 24.5. The Bertz CT molecular complexity index is 1970. The van der Waals surface area contributed by atoms with Crippen LogP contribution in [0.5, 0.6) is 0 Å². The van der Waals surface area contributed by atoms with Crippen molar-refractivity contribution >= 4 is 43.8 Å². The van der Waals surface area contributed by atoms with Crippen LogP contribution in [0, 0.1) is 6.92 Å². The van der Waals surface area contributed by atoms with E-state index < -0.39 is 83.5 Å².